The number of rotatable bonds is 9. The van der Waals surface area contributed by atoms with E-state index in [2.05, 4.69) is 26.8 Å². The van der Waals surface area contributed by atoms with Crippen molar-refractivity contribution in [3.05, 3.63) is 81.0 Å². The monoisotopic (exact) mass is 404 g/mol. The maximum atomic E-state index is 13.0. The molecule has 4 heteroatoms. The quantitative estimate of drug-likeness (QED) is 0.329. The Hall–Kier alpha value is -1.77. The lowest BCUT2D eigenvalue weighted by Crippen LogP contribution is -2.12. The highest BCUT2D eigenvalue weighted by Crippen LogP contribution is 2.27. The summed E-state index contributed by atoms with van der Waals surface area (Å²) in [6, 6.07) is 12.9. The van der Waals surface area contributed by atoms with Gasteiger partial charge in [-0.05, 0) is 49.1 Å². The third-order valence-corrected chi connectivity index (χ3v) is 5.15. The Morgan fingerprint density at radius 2 is 1.70 bits per heavy atom. The maximum Gasteiger partial charge on any atom is 0.167 e. The van der Waals surface area contributed by atoms with Crippen molar-refractivity contribution in [2.45, 2.75) is 52.6 Å². The number of halogens is 2. The molecule has 1 atom stereocenters. The average molecular weight is 405 g/mol. The summed E-state index contributed by atoms with van der Waals surface area (Å²) >= 11 is 12.5. The lowest BCUT2D eigenvalue weighted by molar-refractivity contribution is 0.0991. The first-order valence-electron chi connectivity index (χ1n) is 9.35. The SMILES string of the molecule is CCC=C(Cc1ccccc1C(=O)Cc1c(Cl)cccc1Cl)OC(C)CC. The molecule has 0 aliphatic heterocycles. The van der Waals surface area contributed by atoms with Crippen LogP contribution >= 0.6 is 23.2 Å². The Morgan fingerprint density at radius 1 is 1.04 bits per heavy atom. The van der Waals surface area contributed by atoms with Crippen LogP contribution in [0.25, 0.3) is 0 Å². The van der Waals surface area contributed by atoms with Gasteiger partial charge in [0.2, 0.25) is 0 Å². The van der Waals surface area contributed by atoms with E-state index in [0.717, 1.165) is 24.2 Å². The van der Waals surface area contributed by atoms with Gasteiger partial charge in [-0.25, -0.2) is 0 Å². The van der Waals surface area contributed by atoms with E-state index in [1.54, 1.807) is 18.2 Å². The molecule has 0 spiro atoms. The molecule has 0 N–H and O–H groups in total. The van der Waals surface area contributed by atoms with Crippen molar-refractivity contribution < 1.29 is 9.53 Å². The summed E-state index contributed by atoms with van der Waals surface area (Å²) in [6.07, 6.45) is 4.82. The fraction of sp³-hybridized carbons (Fsp3) is 0.348. The lowest BCUT2D eigenvalue weighted by Gasteiger charge is -2.17. The molecule has 0 aliphatic rings. The molecular weight excluding hydrogens is 379 g/mol. The van der Waals surface area contributed by atoms with Crippen LogP contribution in [0.5, 0.6) is 0 Å². The summed E-state index contributed by atoms with van der Waals surface area (Å²) in [6.45, 7) is 6.23. The lowest BCUT2D eigenvalue weighted by atomic mass is 9.96. The van der Waals surface area contributed by atoms with Crippen molar-refractivity contribution in [1.82, 2.24) is 0 Å². The zero-order chi connectivity index (χ0) is 19.8. The molecule has 2 aromatic rings. The third-order valence-electron chi connectivity index (χ3n) is 4.44. The Morgan fingerprint density at radius 3 is 2.33 bits per heavy atom. The Kier molecular flexibility index (Phi) is 8.40. The number of benzene rings is 2. The van der Waals surface area contributed by atoms with Gasteiger partial charge in [0.05, 0.1) is 11.9 Å². The molecule has 0 bridgehead atoms. The second kappa shape index (κ2) is 10.5. The first kappa shape index (κ1) is 21.5. The normalized spacial score (nSPS) is 12.7. The molecule has 0 aliphatic carbocycles. The van der Waals surface area contributed by atoms with Crippen LogP contribution in [0.15, 0.2) is 54.3 Å². The molecule has 0 saturated heterocycles. The number of carbonyl (C=O) groups excluding carboxylic acids is 1. The highest BCUT2D eigenvalue weighted by molar-refractivity contribution is 6.36. The first-order chi connectivity index (χ1) is 13.0. The van der Waals surface area contributed by atoms with Gasteiger partial charge < -0.3 is 4.74 Å². The summed E-state index contributed by atoms with van der Waals surface area (Å²) in [7, 11) is 0. The predicted molar refractivity (Wildman–Crippen MR) is 114 cm³/mol. The zero-order valence-electron chi connectivity index (χ0n) is 16.1. The largest absolute Gasteiger partial charge is 0.495 e. The molecule has 2 nitrogen and oxygen atoms in total. The molecule has 0 heterocycles. The molecule has 27 heavy (non-hydrogen) atoms. The molecule has 2 aromatic carbocycles. The smallest absolute Gasteiger partial charge is 0.167 e. The van der Waals surface area contributed by atoms with Crippen LogP contribution in [0.3, 0.4) is 0 Å². The van der Waals surface area contributed by atoms with Crippen molar-refractivity contribution in [1.29, 1.82) is 0 Å². The number of ether oxygens (including phenoxy) is 1. The van der Waals surface area contributed by atoms with Crippen LogP contribution in [-0.2, 0) is 17.6 Å². The molecule has 0 radical (unpaired) electrons. The van der Waals surface area contributed by atoms with Crippen LogP contribution in [0.4, 0.5) is 0 Å². The Labute approximate surface area is 172 Å². The topological polar surface area (TPSA) is 26.3 Å². The molecule has 2 rings (SSSR count). The summed E-state index contributed by atoms with van der Waals surface area (Å²) in [5, 5.41) is 1.03. The van der Waals surface area contributed by atoms with E-state index in [1.807, 2.05) is 24.3 Å². The molecule has 1 unspecified atom stereocenters. The minimum Gasteiger partial charge on any atom is -0.495 e. The van der Waals surface area contributed by atoms with Crippen molar-refractivity contribution in [3.63, 3.8) is 0 Å². The minimum atomic E-state index is -0.0000107. The molecule has 0 fully saturated rings. The minimum absolute atomic E-state index is 0.0000107. The van der Waals surface area contributed by atoms with Crippen LogP contribution in [0.1, 0.15) is 55.1 Å². The molecule has 144 valence electrons. The second-order valence-corrected chi connectivity index (χ2v) is 7.36. The first-order valence-corrected chi connectivity index (χ1v) is 10.1. The van der Waals surface area contributed by atoms with E-state index in [4.69, 9.17) is 27.9 Å². The van der Waals surface area contributed by atoms with Gasteiger partial charge >= 0.3 is 0 Å². The number of hydrogen-bond donors (Lipinski definition) is 0. The molecular formula is C23H26Cl2O2. The van der Waals surface area contributed by atoms with E-state index in [0.29, 0.717) is 27.6 Å². The Balaban J connectivity index is 2.26. The van der Waals surface area contributed by atoms with Crippen molar-refractivity contribution in [2.75, 3.05) is 0 Å². The molecule has 0 amide bonds. The number of allylic oxidation sites excluding steroid dienone is 2. The Bertz CT molecular complexity index is 792. The number of Topliss-reactive ketones (excluding diaryl/α,β-unsaturated/α-hetero) is 1. The number of hydrogen-bond acceptors (Lipinski definition) is 2. The van der Waals surface area contributed by atoms with E-state index in [9.17, 15) is 4.79 Å². The van der Waals surface area contributed by atoms with Crippen LogP contribution in [0, 0.1) is 0 Å². The number of ketones is 1. The zero-order valence-corrected chi connectivity index (χ0v) is 17.6. The van der Waals surface area contributed by atoms with Crippen molar-refractivity contribution in [2.24, 2.45) is 0 Å². The third kappa shape index (κ3) is 6.12. The highest BCUT2D eigenvalue weighted by atomic mass is 35.5. The standard InChI is InChI=1S/C23H26Cl2O2/c1-4-9-18(27-16(3)5-2)14-17-10-6-7-11-19(17)23(26)15-20-21(24)12-8-13-22(20)25/h6-13,16H,4-5,14-15H2,1-3H3. The summed E-state index contributed by atoms with van der Waals surface area (Å²) < 4.78 is 6.04. The summed E-state index contributed by atoms with van der Waals surface area (Å²) in [4.78, 5) is 13.0. The van der Waals surface area contributed by atoms with E-state index in [1.165, 1.54) is 0 Å². The van der Waals surface area contributed by atoms with Gasteiger partial charge in [-0.2, -0.15) is 0 Å². The second-order valence-electron chi connectivity index (χ2n) is 6.55. The van der Waals surface area contributed by atoms with Gasteiger partial charge in [0, 0.05) is 28.5 Å². The van der Waals surface area contributed by atoms with Gasteiger partial charge in [-0.1, -0.05) is 67.4 Å². The fourth-order valence-corrected chi connectivity index (χ4v) is 3.35. The highest BCUT2D eigenvalue weighted by Gasteiger charge is 2.17. The summed E-state index contributed by atoms with van der Waals surface area (Å²) in [5.74, 6) is 0.905. The van der Waals surface area contributed by atoms with Gasteiger partial charge in [-0.3, -0.25) is 4.79 Å². The van der Waals surface area contributed by atoms with Gasteiger partial charge in [0.25, 0.3) is 0 Å². The van der Waals surface area contributed by atoms with E-state index in [-0.39, 0.29) is 18.3 Å². The predicted octanol–water partition coefficient (Wildman–Crippen LogP) is 7.07. The van der Waals surface area contributed by atoms with Crippen LogP contribution < -0.4 is 0 Å². The van der Waals surface area contributed by atoms with Crippen LogP contribution in [0.2, 0.25) is 10.0 Å². The van der Waals surface area contributed by atoms with Gasteiger partial charge in [0.15, 0.2) is 5.78 Å². The van der Waals surface area contributed by atoms with Gasteiger partial charge in [-0.15, -0.1) is 0 Å². The van der Waals surface area contributed by atoms with Crippen LogP contribution in [-0.4, -0.2) is 11.9 Å². The van der Waals surface area contributed by atoms with E-state index < -0.39 is 0 Å². The fourth-order valence-electron chi connectivity index (χ4n) is 2.82. The maximum absolute atomic E-state index is 13.0. The van der Waals surface area contributed by atoms with E-state index >= 15 is 0 Å². The number of carbonyl (C=O) groups is 1. The van der Waals surface area contributed by atoms with Gasteiger partial charge in [0.1, 0.15) is 0 Å². The van der Waals surface area contributed by atoms with Crippen molar-refractivity contribution >= 4 is 29.0 Å². The molecule has 0 saturated carbocycles. The summed E-state index contributed by atoms with van der Waals surface area (Å²) in [5.41, 5.74) is 2.30. The van der Waals surface area contributed by atoms with Crippen molar-refractivity contribution in [3.8, 4) is 0 Å². The molecule has 0 aromatic heterocycles. The average Bonchev–Trinajstić information content (AvgIpc) is 2.65.